The highest BCUT2D eigenvalue weighted by molar-refractivity contribution is 5.95. The van der Waals surface area contributed by atoms with Gasteiger partial charge in [0.15, 0.2) is 13.2 Å². The first-order valence-corrected chi connectivity index (χ1v) is 7.08. The molecule has 124 valence electrons. The molecule has 0 fully saturated rings. The molecule has 2 aromatic rings. The van der Waals surface area contributed by atoms with Crippen LogP contribution in [0.4, 0.5) is 5.69 Å². The summed E-state index contributed by atoms with van der Waals surface area (Å²) < 4.78 is 10.0. The number of primary amides is 1. The molecule has 0 aliphatic rings. The minimum atomic E-state index is -0.655. The summed E-state index contributed by atoms with van der Waals surface area (Å²) in [6, 6.07) is 14.8. The molecule has 0 saturated heterocycles. The zero-order valence-electron chi connectivity index (χ0n) is 12.7. The van der Waals surface area contributed by atoms with E-state index in [1.807, 2.05) is 6.07 Å². The van der Waals surface area contributed by atoms with Crippen LogP contribution in [-0.4, -0.2) is 31.0 Å². The lowest BCUT2D eigenvalue weighted by atomic mass is 10.2. The molecule has 0 spiro atoms. The van der Waals surface area contributed by atoms with Crippen LogP contribution in [0.3, 0.4) is 0 Å². The average Bonchev–Trinajstić information content (AvgIpc) is 2.59. The average molecular weight is 328 g/mol. The zero-order valence-corrected chi connectivity index (χ0v) is 12.7. The fraction of sp³-hybridized carbons (Fsp3) is 0.118. The summed E-state index contributed by atoms with van der Waals surface area (Å²) in [6.45, 7) is -0.723. The number of nitrogens with one attached hydrogen (secondary N) is 1. The number of hydrogen-bond donors (Lipinski definition) is 2. The number of carbonyl (C=O) groups excluding carboxylic acids is 3. The van der Waals surface area contributed by atoms with Crippen LogP contribution in [0.5, 0.6) is 5.75 Å². The van der Waals surface area contributed by atoms with Gasteiger partial charge in [-0.15, -0.1) is 0 Å². The van der Waals surface area contributed by atoms with Gasteiger partial charge in [-0.1, -0.05) is 18.2 Å². The number of carbonyl (C=O) groups is 3. The Morgan fingerprint density at radius 1 is 0.917 bits per heavy atom. The van der Waals surface area contributed by atoms with Crippen molar-refractivity contribution in [3.8, 4) is 5.75 Å². The van der Waals surface area contributed by atoms with E-state index in [-0.39, 0.29) is 6.61 Å². The Balaban J connectivity index is 1.72. The lowest BCUT2D eigenvalue weighted by Crippen LogP contribution is -2.23. The molecule has 0 aliphatic carbocycles. The fourth-order valence-corrected chi connectivity index (χ4v) is 1.76. The Bertz CT molecular complexity index is 714. The number of esters is 1. The predicted molar refractivity (Wildman–Crippen MR) is 86.5 cm³/mol. The van der Waals surface area contributed by atoms with Crippen molar-refractivity contribution in [3.05, 3.63) is 60.2 Å². The SMILES string of the molecule is NC(=O)c1ccc(NC(=O)COC(=O)COc2ccccc2)cc1. The lowest BCUT2D eigenvalue weighted by molar-refractivity contribution is -0.149. The van der Waals surface area contributed by atoms with E-state index in [4.69, 9.17) is 15.2 Å². The zero-order chi connectivity index (χ0) is 17.4. The maximum Gasteiger partial charge on any atom is 0.344 e. The van der Waals surface area contributed by atoms with Crippen LogP contribution < -0.4 is 15.8 Å². The Kier molecular flexibility index (Phi) is 5.90. The maximum absolute atomic E-state index is 11.7. The van der Waals surface area contributed by atoms with E-state index >= 15 is 0 Å². The summed E-state index contributed by atoms with van der Waals surface area (Å²) in [6.07, 6.45) is 0. The van der Waals surface area contributed by atoms with E-state index in [2.05, 4.69) is 5.32 Å². The topological polar surface area (TPSA) is 108 Å². The van der Waals surface area contributed by atoms with Crippen LogP contribution in [0, 0.1) is 0 Å². The molecule has 0 bridgehead atoms. The minimum absolute atomic E-state index is 0.287. The Hall–Kier alpha value is -3.35. The number of rotatable bonds is 7. The van der Waals surface area contributed by atoms with Crippen molar-refractivity contribution in [1.82, 2.24) is 0 Å². The van der Waals surface area contributed by atoms with Crippen LogP contribution in [0.25, 0.3) is 0 Å². The van der Waals surface area contributed by atoms with Gasteiger partial charge in [0.1, 0.15) is 5.75 Å². The van der Waals surface area contributed by atoms with Crippen LogP contribution in [0.15, 0.2) is 54.6 Å². The van der Waals surface area contributed by atoms with E-state index < -0.39 is 24.4 Å². The number of anilines is 1. The third-order valence-electron chi connectivity index (χ3n) is 2.92. The number of nitrogens with two attached hydrogens (primary N) is 1. The van der Waals surface area contributed by atoms with Gasteiger partial charge in [-0.3, -0.25) is 9.59 Å². The molecule has 2 aromatic carbocycles. The number of benzene rings is 2. The highest BCUT2D eigenvalue weighted by atomic mass is 16.6. The monoisotopic (exact) mass is 328 g/mol. The predicted octanol–water partition coefficient (Wildman–Crippen LogP) is 1.35. The van der Waals surface area contributed by atoms with Crippen molar-refractivity contribution in [2.75, 3.05) is 18.5 Å². The Morgan fingerprint density at radius 3 is 2.21 bits per heavy atom. The van der Waals surface area contributed by atoms with Gasteiger partial charge in [-0.05, 0) is 36.4 Å². The van der Waals surface area contributed by atoms with Gasteiger partial charge in [0.05, 0.1) is 0 Å². The molecular formula is C17H16N2O5. The number of hydrogen-bond acceptors (Lipinski definition) is 5. The summed E-state index contributed by atoms with van der Waals surface area (Å²) in [4.78, 5) is 34.1. The van der Waals surface area contributed by atoms with Crippen molar-refractivity contribution in [3.63, 3.8) is 0 Å². The van der Waals surface area contributed by atoms with Gasteiger partial charge in [-0.2, -0.15) is 0 Å². The first-order valence-electron chi connectivity index (χ1n) is 7.08. The van der Waals surface area contributed by atoms with Crippen LogP contribution in [0.1, 0.15) is 10.4 Å². The summed E-state index contributed by atoms with van der Waals surface area (Å²) >= 11 is 0. The summed E-state index contributed by atoms with van der Waals surface area (Å²) in [5, 5.41) is 2.53. The summed E-state index contributed by atoms with van der Waals surface area (Å²) in [7, 11) is 0. The molecule has 0 aliphatic heterocycles. The summed E-state index contributed by atoms with van der Waals surface area (Å²) in [5.41, 5.74) is 5.91. The molecule has 2 rings (SSSR count). The van der Waals surface area contributed by atoms with Gasteiger partial charge in [0, 0.05) is 11.3 Å². The minimum Gasteiger partial charge on any atom is -0.482 e. The van der Waals surface area contributed by atoms with E-state index in [1.165, 1.54) is 24.3 Å². The number of ether oxygens (including phenoxy) is 2. The van der Waals surface area contributed by atoms with E-state index in [0.717, 1.165) is 0 Å². The Labute approximate surface area is 138 Å². The van der Waals surface area contributed by atoms with Crippen molar-refractivity contribution in [1.29, 1.82) is 0 Å². The molecule has 0 atom stereocenters. The van der Waals surface area contributed by atoms with E-state index in [9.17, 15) is 14.4 Å². The molecule has 24 heavy (non-hydrogen) atoms. The van der Waals surface area contributed by atoms with E-state index in [0.29, 0.717) is 17.0 Å². The third kappa shape index (κ3) is 5.45. The fourth-order valence-electron chi connectivity index (χ4n) is 1.76. The standard InChI is InChI=1S/C17H16N2O5/c18-17(22)12-6-8-13(9-7-12)19-15(20)10-24-16(21)11-23-14-4-2-1-3-5-14/h1-9H,10-11H2,(H2,18,22)(H,19,20). The van der Waals surface area contributed by atoms with Crippen molar-refractivity contribution in [2.45, 2.75) is 0 Å². The van der Waals surface area contributed by atoms with Crippen molar-refractivity contribution >= 4 is 23.5 Å². The maximum atomic E-state index is 11.7. The highest BCUT2D eigenvalue weighted by Gasteiger charge is 2.09. The molecule has 0 saturated carbocycles. The van der Waals surface area contributed by atoms with Crippen LogP contribution >= 0.6 is 0 Å². The van der Waals surface area contributed by atoms with Crippen molar-refractivity contribution < 1.29 is 23.9 Å². The normalized spacial score (nSPS) is 9.83. The second kappa shape index (κ2) is 8.33. The summed E-state index contributed by atoms with van der Waals surface area (Å²) in [5.74, 6) is -1.18. The number of para-hydroxylation sites is 1. The molecule has 7 nitrogen and oxygen atoms in total. The largest absolute Gasteiger partial charge is 0.482 e. The highest BCUT2D eigenvalue weighted by Crippen LogP contribution is 2.09. The van der Waals surface area contributed by atoms with Crippen LogP contribution in [-0.2, 0) is 14.3 Å². The third-order valence-corrected chi connectivity index (χ3v) is 2.92. The van der Waals surface area contributed by atoms with E-state index in [1.54, 1.807) is 24.3 Å². The molecule has 3 N–H and O–H groups in total. The van der Waals surface area contributed by atoms with Gasteiger partial charge in [-0.25, -0.2) is 4.79 Å². The van der Waals surface area contributed by atoms with Crippen LogP contribution in [0.2, 0.25) is 0 Å². The molecule has 0 aromatic heterocycles. The van der Waals surface area contributed by atoms with Gasteiger partial charge in [0.2, 0.25) is 5.91 Å². The molecule has 0 radical (unpaired) electrons. The molecular weight excluding hydrogens is 312 g/mol. The van der Waals surface area contributed by atoms with Crippen molar-refractivity contribution in [2.24, 2.45) is 5.73 Å². The second-order valence-corrected chi connectivity index (χ2v) is 4.75. The first kappa shape index (κ1) is 17.0. The van der Waals surface area contributed by atoms with Gasteiger partial charge < -0.3 is 20.5 Å². The molecule has 0 unspecified atom stereocenters. The second-order valence-electron chi connectivity index (χ2n) is 4.75. The smallest absolute Gasteiger partial charge is 0.344 e. The lowest BCUT2D eigenvalue weighted by Gasteiger charge is -2.08. The molecule has 2 amide bonds. The van der Waals surface area contributed by atoms with Gasteiger partial charge >= 0.3 is 5.97 Å². The number of amides is 2. The molecule has 0 heterocycles. The quantitative estimate of drug-likeness (QED) is 0.746. The first-order chi connectivity index (χ1) is 11.5. The molecule has 7 heteroatoms. The van der Waals surface area contributed by atoms with Gasteiger partial charge in [0.25, 0.3) is 5.91 Å². The Morgan fingerprint density at radius 2 is 1.58 bits per heavy atom.